The number of aliphatic carboxylic acids is 1. The molecule has 0 amide bonds. The van der Waals surface area contributed by atoms with Gasteiger partial charge in [0.1, 0.15) is 0 Å². The zero-order chi connectivity index (χ0) is 12.3. The summed E-state index contributed by atoms with van der Waals surface area (Å²) in [6.07, 6.45) is 1.39. The summed E-state index contributed by atoms with van der Waals surface area (Å²) in [5.41, 5.74) is -0.0118. The molecule has 1 saturated heterocycles. The van der Waals surface area contributed by atoms with Crippen LogP contribution in [0.2, 0.25) is 0 Å². The maximum atomic E-state index is 10.7. The largest absolute Gasteiger partial charge is 0.481 e. The molecule has 1 aliphatic heterocycles. The van der Waals surface area contributed by atoms with Crippen molar-refractivity contribution in [2.75, 3.05) is 13.2 Å². The van der Waals surface area contributed by atoms with Gasteiger partial charge in [-0.05, 0) is 34.1 Å². The average Bonchev–Trinajstić information content (AvgIpc) is 2.49. The zero-order valence-corrected chi connectivity index (χ0v) is 10.7. The van der Waals surface area contributed by atoms with Crippen LogP contribution in [0.1, 0.15) is 40.5 Å². The fourth-order valence-corrected chi connectivity index (χ4v) is 2.34. The third-order valence-corrected chi connectivity index (χ3v) is 3.16. The molecular formula is C12H23NO3. The average molecular weight is 229 g/mol. The van der Waals surface area contributed by atoms with Crippen molar-refractivity contribution >= 4 is 5.97 Å². The molecule has 1 aliphatic rings. The quantitative estimate of drug-likeness (QED) is 0.797. The van der Waals surface area contributed by atoms with E-state index in [9.17, 15) is 4.79 Å². The number of ether oxygens (including phenoxy) is 1. The molecular weight excluding hydrogens is 206 g/mol. The lowest BCUT2D eigenvalue weighted by atomic mass is 9.99. The Kier molecular flexibility index (Phi) is 4.33. The Morgan fingerprint density at radius 2 is 2.12 bits per heavy atom. The lowest BCUT2D eigenvalue weighted by molar-refractivity contribution is -0.137. The second kappa shape index (κ2) is 5.15. The molecule has 4 nitrogen and oxygen atoms in total. The van der Waals surface area contributed by atoms with Crippen molar-refractivity contribution in [1.29, 1.82) is 0 Å². The monoisotopic (exact) mass is 229 g/mol. The van der Waals surface area contributed by atoms with E-state index >= 15 is 0 Å². The smallest absolute Gasteiger partial charge is 0.304 e. The summed E-state index contributed by atoms with van der Waals surface area (Å²) in [7, 11) is 0. The van der Waals surface area contributed by atoms with Crippen LogP contribution in [0.25, 0.3) is 0 Å². The van der Waals surface area contributed by atoms with Gasteiger partial charge < -0.3 is 9.84 Å². The molecule has 0 aromatic heterocycles. The second-order valence-electron chi connectivity index (χ2n) is 5.44. The number of nitrogens with zero attached hydrogens (tertiary/aromatic N) is 1. The maximum absolute atomic E-state index is 10.7. The molecule has 1 rings (SSSR count). The Hall–Kier alpha value is -0.610. The van der Waals surface area contributed by atoms with Gasteiger partial charge in [0.2, 0.25) is 0 Å². The number of hydrogen-bond donors (Lipinski definition) is 1. The zero-order valence-electron chi connectivity index (χ0n) is 10.7. The van der Waals surface area contributed by atoms with E-state index in [0.29, 0.717) is 12.6 Å². The molecule has 0 aliphatic carbocycles. The van der Waals surface area contributed by atoms with Gasteiger partial charge in [-0.3, -0.25) is 9.69 Å². The maximum Gasteiger partial charge on any atom is 0.304 e. The number of carboxylic acids is 1. The van der Waals surface area contributed by atoms with Crippen molar-refractivity contribution < 1.29 is 14.6 Å². The lowest BCUT2D eigenvalue weighted by Crippen LogP contribution is -2.51. The van der Waals surface area contributed by atoms with Crippen molar-refractivity contribution in [1.82, 2.24) is 4.90 Å². The molecule has 0 saturated carbocycles. The van der Waals surface area contributed by atoms with E-state index in [-0.39, 0.29) is 18.1 Å². The molecule has 4 heteroatoms. The van der Waals surface area contributed by atoms with Crippen LogP contribution in [0.5, 0.6) is 0 Å². The minimum Gasteiger partial charge on any atom is -0.481 e. The van der Waals surface area contributed by atoms with Crippen molar-refractivity contribution in [2.45, 2.75) is 58.2 Å². The summed E-state index contributed by atoms with van der Waals surface area (Å²) in [6.45, 7) is 9.82. The Balaban J connectivity index is 2.67. The molecule has 2 unspecified atom stereocenters. The van der Waals surface area contributed by atoms with E-state index in [2.05, 4.69) is 32.6 Å². The number of rotatable bonds is 4. The third kappa shape index (κ3) is 3.46. The van der Waals surface area contributed by atoms with Crippen LogP contribution in [0, 0.1) is 0 Å². The first kappa shape index (κ1) is 13.5. The molecule has 1 heterocycles. The molecule has 0 spiro atoms. The van der Waals surface area contributed by atoms with E-state index in [0.717, 1.165) is 13.0 Å². The minimum atomic E-state index is -0.735. The summed E-state index contributed by atoms with van der Waals surface area (Å²) >= 11 is 0. The minimum absolute atomic E-state index is 0.0118. The van der Waals surface area contributed by atoms with Crippen LogP contribution in [0.15, 0.2) is 0 Å². The first-order valence-corrected chi connectivity index (χ1v) is 5.92. The van der Waals surface area contributed by atoms with Gasteiger partial charge in [-0.25, -0.2) is 0 Å². The van der Waals surface area contributed by atoms with Crippen molar-refractivity contribution in [2.24, 2.45) is 0 Å². The Morgan fingerprint density at radius 1 is 1.50 bits per heavy atom. The Morgan fingerprint density at radius 3 is 2.50 bits per heavy atom. The molecule has 2 atom stereocenters. The van der Waals surface area contributed by atoms with Crippen LogP contribution in [-0.2, 0) is 9.53 Å². The highest BCUT2D eigenvalue weighted by atomic mass is 16.5. The van der Waals surface area contributed by atoms with Crippen LogP contribution < -0.4 is 0 Å². The number of hydrogen-bond acceptors (Lipinski definition) is 3. The summed E-state index contributed by atoms with van der Waals surface area (Å²) < 4.78 is 5.56. The predicted octanol–water partition coefficient (Wildman–Crippen LogP) is 1.74. The highest BCUT2D eigenvalue weighted by Crippen LogP contribution is 2.26. The first-order valence-electron chi connectivity index (χ1n) is 5.92. The molecule has 1 fully saturated rings. The van der Waals surface area contributed by atoms with Gasteiger partial charge in [0, 0.05) is 24.7 Å². The normalized spacial score (nSPS) is 26.3. The Labute approximate surface area is 97.6 Å². The van der Waals surface area contributed by atoms with Crippen molar-refractivity contribution in [3.05, 3.63) is 0 Å². The SMILES string of the molecule is CC1OCCC1N(CCC(=O)O)C(C)(C)C. The Bertz CT molecular complexity index is 247. The first-order chi connectivity index (χ1) is 7.32. The van der Waals surface area contributed by atoms with Crippen molar-refractivity contribution in [3.8, 4) is 0 Å². The fraction of sp³-hybridized carbons (Fsp3) is 0.917. The molecule has 0 aromatic rings. The van der Waals surface area contributed by atoms with E-state index < -0.39 is 5.97 Å². The predicted molar refractivity (Wildman–Crippen MR) is 62.5 cm³/mol. The van der Waals surface area contributed by atoms with Gasteiger partial charge in [0.25, 0.3) is 0 Å². The third-order valence-electron chi connectivity index (χ3n) is 3.16. The highest BCUT2D eigenvalue weighted by Gasteiger charge is 2.35. The highest BCUT2D eigenvalue weighted by molar-refractivity contribution is 5.66. The van der Waals surface area contributed by atoms with Crippen LogP contribution >= 0.6 is 0 Å². The van der Waals surface area contributed by atoms with E-state index in [4.69, 9.17) is 9.84 Å². The number of carboxylic acid groups (broad SMARTS) is 1. The standard InChI is InChI=1S/C12H23NO3/c1-9-10(6-8-16-9)13(12(2,3)4)7-5-11(14)15/h9-10H,5-8H2,1-4H3,(H,14,15). The topological polar surface area (TPSA) is 49.8 Å². The molecule has 1 N–H and O–H groups in total. The van der Waals surface area contributed by atoms with E-state index in [1.54, 1.807) is 0 Å². The van der Waals surface area contributed by atoms with Gasteiger partial charge in [-0.2, -0.15) is 0 Å². The molecule has 94 valence electrons. The van der Waals surface area contributed by atoms with Crippen LogP contribution in [0.4, 0.5) is 0 Å². The lowest BCUT2D eigenvalue weighted by Gasteiger charge is -2.41. The summed E-state index contributed by atoms with van der Waals surface area (Å²) in [5.74, 6) is -0.735. The second-order valence-corrected chi connectivity index (χ2v) is 5.44. The molecule has 0 bridgehead atoms. The summed E-state index contributed by atoms with van der Waals surface area (Å²) in [5, 5.41) is 8.78. The molecule has 16 heavy (non-hydrogen) atoms. The molecule has 0 radical (unpaired) electrons. The van der Waals surface area contributed by atoms with Crippen molar-refractivity contribution in [3.63, 3.8) is 0 Å². The van der Waals surface area contributed by atoms with Gasteiger partial charge in [-0.1, -0.05) is 0 Å². The van der Waals surface area contributed by atoms with E-state index in [1.807, 2.05) is 0 Å². The fourth-order valence-electron chi connectivity index (χ4n) is 2.34. The van der Waals surface area contributed by atoms with Gasteiger partial charge in [0.15, 0.2) is 0 Å². The summed E-state index contributed by atoms with van der Waals surface area (Å²) in [6, 6.07) is 0.347. The van der Waals surface area contributed by atoms with Gasteiger partial charge >= 0.3 is 5.97 Å². The van der Waals surface area contributed by atoms with Crippen LogP contribution in [0.3, 0.4) is 0 Å². The number of carbonyl (C=O) groups is 1. The summed E-state index contributed by atoms with van der Waals surface area (Å²) in [4.78, 5) is 12.9. The van der Waals surface area contributed by atoms with Gasteiger partial charge in [0.05, 0.1) is 12.5 Å². The van der Waals surface area contributed by atoms with E-state index in [1.165, 1.54) is 0 Å². The molecule has 0 aromatic carbocycles. The van der Waals surface area contributed by atoms with Crippen LogP contribution in [-0.4, -0.2) is 46.8 Å². The van der Waals surface area contributed by atoms with Gasteiger partial charge in [-0.15, -0.1) is 0 Å².